The van der Waals surface area contributed by atoms with Crippen molar-refractivity contribution in [3.63, 3.8) is 0 Å². The van der Waals surface area contributed by atoms with Crippen molar-refractivity contribution in [3.8, 4) is 0 Å². The second kappa shape index (κ2) is 3.02. The highest BCUT2D eigenvalue weighted by molar-refractivity contribution is 14.1. The third kappa shape index (κ3) is 1.44. The number of rotatable bonds is 0. The molecule has 1 aliphatic rings. The zero-order valence-electron chi connectivity index (χ0n) is 6.48. The van der Waals surface area contributed by atoms with Gasteiger partial charge in [0.05, 0.1) is 0 Å². The maximum atomic E-state index is 13.6. The van der Waals surface area contributed by atoms with Crippen molar-refractivity contribution in [1.29, 1.82) is 0 Å². The first-order chi connectivity index (χ1) is 6.02. The lowest BCUT2D eigenvalue weighted by molar-refractivity contribution is 0.0882. The van der Waals surface area contributed by atoms with Crippen LogP contribution in [0.25, 0.3) is 0 Å². The van der Waals surface area contributed by atoms with Crippen molar-refractivity contribution < 1.29 is 9.18 Å². The molecule has 0 aliphatic heterocycles. The molecule has 0 bridgehead atoms. The number of ketones is 1. The van der Waals surface area contributed by atoms with E-state index >= 15 is 0 Å². The van der Waals surface area contributed by atoms with E-state index in [2.05, 4.69) is 15.9 Å². The van der Waals surface area contributed by atoms with Crippen LogP contribution in [-0.4, -0.2) is 9.46 Å². The predicted molar refractivity (Wildman–Crippen MR) is 60.0 cm³/mol. The molecule has 1 unspecified atom stereocenters. The second-order valence-corrected chi connectivity index (χ2v) is 5.55. The summed E-state index contributed by atoms with van der Waals surface area (Å²) in [5.41, 5.74) is 1.29. The van der Waals surface area contributed by atoms with Gasteiger partial charge in [-0.3, -0.25) is 4.79 Å². The first-order valence-electron chi connectivity index (χ1n) is 3.72. The topological polar surface area (TPSA) is 17.1 Å². The van der Waals surface area contributed by atoms with Crippen molar-refractivity contribution in [2.45, 2.75) is 10.1 Å². The molecule has 0 fully saturated rings. The van der Waals surface area contributed by atoms with Gasteiger partial charge in [0, 0.05) is 16.5 Å². The number of hydrogen-bond acceptors (Lipinski definition) is 1. The number of Topliss-reactive ketones (excluding diaryl/α,β-unsaturated/α-hetero) is 1. The minimum absolute atomic E-state index is 0.182. The number of hydrogen-bond donors (Lipinski definition) is 0. The van der Waals surface area contributed by atoms with E-state index in [4.69, 9.17) is 0 Å². The van der Waals surface area contributed by atoms with E-state index in [0.717, 1.165) is 5.56 Å². The summed E-state index contributed by atoms with van der Waals surface area (Å²) >= 11 is 4.82. The molecule has 0 saturated carbocycles. The number of fused-ring (bicyclic) bond motifs is 1. The summed E-state index contributed by atoms with van der Waals surface area (Å²) in [6.07, 6.45) is 0.182. The summed E-state index contributed by atoms with van der Waals surface area (Å²) < 4.78 is 12.5. The molecule has 13 heavy (non-hydrogen) atoms. The van der Waals surface area contributed by atoms with Gasteiger partial charge in [0.25, 0.3) is 0 Å². The number of halogens is 3. The monoisotopic (exact) mass is 354 g/mol. The van der Waals surface area contributed by atoms with Gasteiger partial charge >= 0.3 is 0 Å². The normalized spacial score (nSPS) is 26.2. The van der Waals surface area contributed by atoms with Crippen LogP contribution in [0.1, 0.15) is 15.9 Å². The molecular weight excluding hydrogens is 350 g/mol. The van der Waals surface area contributed by atoms with Gasteiger partial charge in [-0.25, -0.2) is 4.39 Å². The minimum Gasteiger partial charge on any atom is -0.290 e. The average Bonchev–Trinajstić information content (AvgIpc) is 2.24. The lowest BCUT2D eigenvalue weighted by Gasteiger charge is -2.05. The molecule has 0 saturated heterocycles. The fourth-order valence-corrected chi connectivity index (χ4v) is 2.74. The lowest BCUT2D eigenvalue weighted by atomic mass is 10.1. The van der Waals surface area contributed by atoms with Gasteiger partial charge in [0.1, 0.15) is 0 Å². The van der Waals surface area contributed by atoms with Gasteiger partial charge in [-0.2, -0.15) is 0 Å². The van der Waals surface area contributed by atoms with Crippen molar-refractivity contribution in [3.05, 3.63) is 33.8 Å². The SMILES string of the molecule is O=C1c2c(Br)cccc2CC1(F)I. The zero-order valence-corrected chi connectivity index (χ0v) is 10.2. The molecule has 1 nitrogen and oxygen atoms in total. The average molecular weight is 355 g/mol. The molecule has 1 atom stereocenters. The van der Waals surface area contributed by atoms with Crippen LogP contribution in [0.2, 0.25) is 0 Å². The quantitative estimate of drug-likeness (QED) is 0.516. The van der Waals surface area contributed by atoms with E-state index in [1.54, 1.807) is 34.7 Å². The van der Waals surface area contributed by atoms with Crippen LogP contribution < -0.4 is 0 Å². The largest absolute Gasteiger partial charge is 0.290 e. The molecule has 0 radical (unpaired) electrons. The van der Waals surface area contributed by atoms with Crippen molar-refractivity contribution in [2.24, 2.45) is 0 Å². The van der Waals surface area contributed by atoms with E-state index in [-0.39, 0.29) is 6.42 Å². The van der Waals surface area contributed by atoms with Crippen LogP contribution in [-0.2, 0) is 6.42 Å². The fourth-order valence-electron chi connectivity index (χ4n) is 1.47. The van der Waals surface area contributed by atoms with E-state index in [0.29, 0.717) is 10.0 Å². The molecule has 0 spiro atoms. The molecule has 0 aromatic heterocycles. The Morgan fingerprint density at radius 1 is 1.54 bits per heavy atom. The van der Waals surface area contributed by atoms with Crippen LogP contribution in [0.4, 0.5) is 4.39 Å². The van der Waals surface area contributed by atoms with Crippen LogP contribution >= 0.6 is 38.5 Å². The van der Waals surface area contributed by atoms with Gasteiger partial charge in [0.2, 0.25) is 9.46 Å². The molecule has 0 amide bonds. The van der Waals surface area contributed by atoms with Crippen molar-refractivity contribution in [2.75, 3.05) is 0 Å². The van der Waals surface area contributed by atoms with Crippen LogP contribution in [0.15, 0.2) is 22.7 Å². The van der Waals surface area contributed by atoms with Gasteiger partial charge in [-0.05, 0) is 34.2 Å². The van der Waals surface area contributed by atoms with Crippen LogP contribution in [0, 0.1) is 0 Å². The Morgan fingerprint density at radius 3 is 2.85 bits per heavy atom. The predicted octanol–water partition coefficient (Wildman–Crippen LogP) is 3.29. The van der Waals surface area contributed by atoms with E-state index in [1.165, 1.54) is 0 Å². The number of carbonyl (C=O) groups excluding carboxylic acids is 1. The molecule has 4 heteroatoms. The third-order valence-electron chi connectivity index (χ3n) is 2.07. The highest BCUT2D eigenvalue weighted by atomic mass is 127. The van der Waals surface area contributed by atoms with Gasteiger partial charge in [-0.15, -0.1) is 0 Å². The van der Waals surface area contributed by atoms with Crippen molar-refractivity contribution >= 4 is 44.3 Å². The Bertz CT molecular complexity index is 389. The number of alkyl halides is 2. The Labute approximate surface area is 97.0 Å². The fraction of sp³-hybridized carbons (Fsp3) is 0.222. The summed E-state index contributed by atoms with van der Waals surface area (Å²) in [5, 5.41) is 0. The molecule has 1 aromatic carbocycles. The highest BCUT2D eigenvalue weighted by Crippen LogP contribution is 2.40. The van der Waals surface area contributed by atoms with Crippen LogP contribution in [0.3, 0.4) is 0 Å². The molecule has 0 heterocycles. The molecule has 1 aliphatic carbocycles. The summed E-state index contributed by atoms with van der Waals surface area (Å²) in [5.74, 6) is -0.421. The van der Waals surface area contributed by atoms with Crippen LogP contribution in [0.5, 0.6) is 0 Å². The maximum absolute atomic E-state index is 13.6. The standard InChI is InChI=1S/C9H5BrFIO/c10-6-3-1-2-5-4-9(11,12)8(13)7(5)6/h1-3H,4H2. The summed E-state index contributed by atoms with van der Waals surface area (Å²) in [6, 6.07) is 5.36. The zero-order chi connectivity index (χ0) is 9.64. The van der Waals surface area contributed by atoms with Gasteiger partial charge < -0.3 is 0 Å². The molecule has 0 N–H and O–H groups in total. The second-order valence-electron chi connectivity index (χ2n) is 2.98. The summed E-state index contributed by atoms with van der Waals surface area (Å²) in [4.78, 5) is 11.5. The van der Waals surface area contributed by atoms with E-state index in [9.17, 15) is 9.18 Å². The number of carbonyl (C=O) groups is 1. The Morgan fingerprint density at radius 2 is 2.23 bits per heavy atom. The minimum atomic E-state index is -1.75. The molecule has 1 aromatic rings. The van der Waals surface area contributed by atoms with Gasteiger partial charge in [-0.1, -0.05) is 28.1 Å². The molecule has 2 rings (SSSR count). The van der Waals surface area contributed by atoms with Crippen molar-refractivity contribution in [1.82, 2.24) is 0 Å². The van der Waals surface area contributed by atoms with E-state index in [1.807, 2.05) is 6.07 Å². The Balaban J connectivity index is 2.64. The molecule has 68 valence electrons. The maximum Gasteiger partial charge on any atom is 0.227 e. The number of benzene rings is 1. The van der Waals surface area contributed by atoms with E-state index < -0.39 is 9.46 Å². The summed E-state index contributed by atoms with van der Waals surface area (Å²) in [6.45, 7) is 0. The first-order valence-corrected chi connectivity index (χ1v) is 5.59. The Kier molecular flexibility index (Phi) is 2.22. The third-order valence-corrected chi connectivity index (χ3v) is 3.60. The first kappa shape index (κ1) is 9.58. The lowest BCUT2D eigenvalue weighted by Crippen LogP contribution is -2.21. The van der Waals surface area contributed by atoms with Gasteiger partial charge in [0.15, 0.2) is 0 Å². The Hall–Kier alpha value is 0.0300. The molecular formula is C9H5BrFIO. The summed E-state index contributed by atoms with van der Waals surface area (Å²) in [7, 11) is 0. The highest BCUT2D eigenvalue weighted by Gasteiger charge is 2.44. The smallest absolute Gasteiger partial charge is 0.227 e.